The number of rotatable bonds is 3. The van der Waals surface area contributed by atoms with Gasteiger partial charge in [-0.3, -0.25) is 0 Å². The fraction of sp³-hybridized carbons (Fsp3) is 0.615. The summed E-state index contributed by atoms with van der Waals surface area (Å²) in [5.74, 6) is 3.77. The van der Waals surface area contributed by atoms with Crippen molar-refractivity contribution in [3.05, 3.63) is 23.4 Å². The van der Waals surface area contributed by atoms with Crippen LogP contribution in [0.1, 0.15) is 31.0 Å². The molecule has 3 nitrogen and oxygen atoms in total. The second-order valence-corrected chi connectivity index (χ2v) is 5.90. The first-order chi connectivity index (χ1) is 8.20. The van der Waals surface area contributed by atoms with Gasteiger partial charge < -0.3 is 10.0 Å². The largest absolute Gasteiger partial charge is 0.392 e. The molecule has 1 N–H and O–H groups in total. The molecule has 0 bridgehead atoms. The van der Waals surface area contributed by atoms with Crippen LogP contribution in [0.2, 0.25) is 0 Å². The van der Waals surface area contributed by atoms with Gasteiger partial charge in [-0.1, -0.05) is 13.8 Å². The summed E-state index contributed by atoms with van der Waals surface area (Å²) in [6, 6.07) is 4.02. The molecular weight excluding hydrogens is 232 g/mol. The smallest absolute Gasteiger partial charge is 0.129 e. The van der Waals surface area contributed by atoms with E-state index in [2.05, 4.69) is 18.7 Å². The van der Waals surface area contributed by atoms with Crippen LogP contribution in [0, 0.1) is 0 Å². The van der Waals surface area contributed by atoms with Crippen molar-refractivity contribution in [2.24, 2.45) is 0 Å². The van der Waals surface area contributed by atoms with Crippen molar-refractivity contribution in [3.63, 3.8) is 0 Å². The Kier molecular flexibility index (Phi) is 4.29. The first kappa shape index (κ1) is 12.7. The number of hydrogen-bond acceptors (Lipinski definition) is 4. The van der Waals surface area contributed by atoms with Crippen molar-refractivity contribution in [1.82, 2.24) is 4.98 Å². The van der Waals surface area contributed by atoms with Gasteiger partial charge in [-0.05, 0) is 23.6 Å². The van der Waals surface area contributed by atoms with Gasteiger partial charge >= 0.3 is 0 Å². The van der Waals surface area contributed by atoms with Gasteiger partial charge in [-0.25, -0.2) is 4.98 Å². The molecule has 4 heteroatoms. The minimum atomic E-state index is 0.0951. The van der Waals surface area contributed by atoms with Crippen LogP contribution in [0.5, 0.6) is 0 Å². The van der Waals surface area contributed by atoms with Crippen molar-refractivity contribution < 1.29 is 5.11 Å². The Hall–Kier alpha value is -0.740. The first-order valence-corrected chi connectivity index (χ1v) is 7.30. The molecule has 0 saturated carbocycles. The Labute approximate surface area is 107 Å². The normalized spacial score (nSPS) is 16.6. The summed E-state index contributed by atoms with van der Waals surface area (Å²) in [5, 5.41) is 9.32. The second-order valence-electron chi connectivity index (χ2n) is 4.67. The third-order valence-electron chi connectivity index (χ3n) is 3.00. The number of aliphatic hydroxyl groups excluding tert-OH is 1. The van der Waals surface area contributed by atoms with Gasteiger partial charge in [0, 0.05) is 30.3 Å². The van der Waals surface area contributed by atoms with Crippen molar-refractivity contribution in [2.45, 2.75) is 26.4 Å². The Morgan fingerprint density at radius 1 is 1.35 bits per heavy atom. The highest BCUT2D eigenvalue weighted by Crippen LogP contribution is 2.22. The summed E-state index contributed by atoms with van der Waals surface area (Å²) in [5.41, 5.74) is 2.04. The molecular formula is C13H20N2OS. The molecule has 1 aliphatic rings. The number of thioether (sulfide) groups is 1. The monoisotopic (exact) mass is 252 g/mol. The van der Waals surface area contributed by atoms with Gasteiger partial charge in [-0.2, -0.15) is 11.8 Å². The van der Waals surface area contributed by atoms with Crippen LogP contribution in [0.15, 0.2) is 12.1 Å². The SMILES string of the molecule is CC(C)c1cc(CO)cc(N2CCSCC2)n1. The number of pyridine rings is 1. The van der Waals surface area contributed by atoms with Crippen LogP contribution in [-0.4, -0.2) is 34.7 Å². The Morgan fingerprint density at radius 2 is 2.06 bits per heavy atom. The van der Waals surface area contributed by atoms with Crippen LogP contribution < -0.4 is 4.90 Å². The van der Waals surface area contributed by atoms with E-state index in [0.717, 1.165) is 30.2 Å². The molecule has 0 radical (unpaired) electrons. The zero-order chi connectivity index (χ0) is 12.3. The molecule has 0 aromatic carbocycles. The summed E-state index contributed by atoms with van der Waals surface area (Å²) < 4.78 is 0. The van der Waals surface area contributed by atoms with E-state index in [1.165, 1.54) is 11.5 Å². The summed E-state index contributed by atoms with van der Waals surface area (Å²) in [4.78, 5) is 7.03. The highest BCUT2D eigenvalue weighted by atomic mass is 32.2. The topological polar surface area (TPSA) is 36.4 Å². The minimum absolute atomic E-state index is 0.0951. The predicted molar refractivity (Wildman–Crippen MR) is 73.8 cm³/mol. The van der Waals surface area contributed by atoms with Gasteiger partial charge in [0.05, 0.1) is 6.61 Å². The average Bonchev–Trinajstić information content (AvgIpc) is 2.39. The molecule has 0 spiro atoms. The maximum atomic E-state index is 9.32. The maximum absolute atomic E-state index is 9.32. The van der Waals surface area contributed by atoms with Crippen molar-refractivity contribution >= 4 is 17.6 Å². The Balaban J connectivity index is 2.28. The Bertz CT molecular complexity index is 376. The lowest BCUT2D eigenvalue weighted by atomic mass is 10.1. The fourth-order valence-corrected chi connectivity index (χ4v) is 2.84. The molecule has 1 aromatic heterocycles. The lowest BCUT2D eigenvalue weighted by molar-refractivity contribution is 0.281. The highest BCUT2D eigenvalue weighted by molar-refractivity contribution is 7.99. The number of anilines is 1. The molecule has 17 heavy (non-hydrogen) atoms. The Morgan fingerprint density at radius 3 is 2.65 bits per heavy atom. The molecule has 0 amide bonds. The fourth-order valence-electron chi connectivity index (χ4n) is 1.94. The van der Waals surface area contributed by atoms with Gasteiger partial charge in [0.25, 0.3) is 0 Å². The molecule has 2 heterocycles. The molecule has 2 rings (SSSR count). The third kappa shape index (κ3) is 3.13. The zero-order valence-electron chi connectivity index (χ0n) is 10.5. The molecule has 0 unspecified atom stereocenters. The van der Waals surface area contributed by atoms with Gasteiger partial charge in [0.2, 0.25) is 0 Å². The summed E-state index contributed by atoms with van der Waals surface area (Å²) in [6.07, 6.45) is 0. The van der Waals surface area contributed by atoms with Crippen LogP contribution in [-0.2, 0) is 6.61 Å². The summed E-state index contributed by atoms with van der Waals surface area (Å²) in [7, 11) is 0. The zero-order valence-corrected chi connectivity index (χ0v) is 11.3. The highest BCUT2D eigenvalue weighted by Gasteiger charge is 2.14. The number of hydrogen-bond donors (Lipinski definition) is 1. The van der Waals surface area contributed by atoms with E-state index >= 15 is 0 Å². The molecule has 1 saturated heterocycles. The van der Waals surface area contributed by atoms with E-state index in [0.29, 0.717) is 5.92 Å². The lowest BCUT2D eigenvalue weighted by Crippen LogP contribution is -2.33. The lowest BCUT2D eigenvalue weighted by Gasteiger charge is -2.28. The second kappa shape index (κ2) is 5.74. The number of nitrogens with zero attached hydrogens (tertiary/aromatic N) is 2. The standard InChI is InChI=1S/C13H20N2OS/c1-10(2)12-7-11(9-16)8-13(14-12)15-3-5-17-6-4-15/h7-8,10,16H,3-6,9H2,1-2H3. The maximum Gasteiger partial charge on any atom is 0.129 e. The van der Waals surface area contributed by atoms with Crippen molar-refractivity contribution in [1.29, 1.82) is 0 Å². The van der Waals surface area contributed by atoms with E-state index in [4.69, 9.17) is 4.98 Å². The van der Waals surface area contributed by atoms with Gasteiger partial charge in [0.1, 0.15) is 5.82 Å². The third-order valence-corrected chi connectivity index (χ3v) is 3.94. The molecule has 94 valence electrons. The van der Waals surface area contributed by atoms with E-state index in [1.807, 2.05) is 23.9 Å². The number of aromatic nitrogens is 1. The average molecular weight is 252 g/mol. The van der Waals surface area contributed by atoms with Crippen molar-refractivity contribution in [2.75, 3.05) is 29.5 Å². The summed E-state index contributed by atoms with van der Waals surface area (Å²) >= 11 is 1.99. The first-order valence-electron chi connectivity index (χ1n) is 6.15. The van der Waals surface area contributed by atoms with E-state index in [-0.39, 0.29) is 6.61 Å². The van der Waals surface area contributed by atoms with E-state index in [1.54, 1.807) is 0 Å². The van der Waals surface area contributed by atoms with Crippen molar-refractivity contribution in [3.8, 4) is 0 Å². The molecule has 1 aromatic rings. The van der Waals surface area contributed by atoms with Crippen LogP contribution in [0.3, 0.4) is 0 Å². The van der Waals surface area contributed by atoms with Crippen LogP contribution in [0.25, 0.3) is 0 Å². The van der Waals surface area contributed by atoms with Gasteiger partial charge in [-0.15, -0.1) is 0 Å². The predicted octanol–water partition coefficient (Wildman–Crippen LogP) is 2.25. The summed E-state index contributed by atoms with van der Waals surface area (Å²) in [6.45, 7) is 6.49. The molecule has 1 fully saturated rings. The van der Waals surface area contributed by atoms with Gasteiger partial charge in [0.15, 0.2) is 0 Å². The molecule has 0 aliphatic carbocycles. The van der Waals surface area contributed by atoms with Crippen LogP contribution >= 0.6 is 11.8 Å². The van der Waals surface area contributed by atoms with E-state index in [9.17, 15) is 5.11 Å². The minimum Gasteiger partial charge on any atom is -0.392 e. The number of aliphatic hydroxyl groups is 1. The van der Waals surface area contributed by atoms with Crippen LogP contribution in [0.4, 0.5) is 5.82 Å². The van der Waals surface area contributed by atoms with E-state index < -0.39 is 0 Å². The molecule has 0 atom stereocenters. The quantitative estimate of drug-likeness (QED) is 0.895. The molecule has 1 aliphatic heterocycles.